The summed E-state index contributed by atoms with van der Waals surface area (Å²) in [5.74, 6) is 1.03. The van der Waals surface area contributed by atoms with E-state index in [1.54, 1.807) is 12.4 Å². The molecule has 18 heavy (non-hydrogen) atoms. The molecule has 4 nitrogen and oxygen atoms in total. The fourth-order valence-electron chi connectivity index (χ4n) is 2.15. The number of hydrogen-bond donors (Lipinski definition) is 0. The standard InChI is InChI=1S/C14H20N2O2/c17-14(16-9-2-1-3-10-16)7-5-11-18-13-6-4-8-15-12-13/h4,6,8,12H,1-3,5,7,9-11H2. The summed E-state index contributed by atoms with van der Waals surface area (Å²) in [7, 11) is 0. The smallest absolute Gasteiger partial charge is 0.222 e. The van der Waals surface area contributed by atoms with Crippen molar-refractivity contribution in [1.29, 1.82) is 0 Å². The minimum absolute atomic E-state index is 0.268. The number of carbonyl (C=O) groups excluding carboxylic acids is 1. The maximum atomic E-state index is 11.9. The molecule has 1 aliphatic heterocycles. The molecule has 1 saturated heterocycles. The van der Waals surface area contributed by atoms with Crippen molar-refractivity contribution in [3.63, 3.8) is 0 Å². The summed E-state index contributed by atoms with van der Waals surface area (Å²) in [6.07, 6.45) is 8.31. The predicted octanol–water partition coefficient (Wildman–Crippen LogP) is 2.25. The Bertz CT molecular complexity index is 361. The van der Waals surface area contributed by atoms with Crippen LogP contribution >= 0.6 is 0 Å². The summed E-state index contributed by atoms with van der Waals surface area (Å²) < 4.78 is 5.51. The summed E-state index contributed by atoms with van der Waals surface area (Å²) in [4.78, 5) is 17.8. The van der Waals surface area contributed by atoms with Crippen LogP contribution in [0.3, 0.4) is 0 Å². The van der Waals surface area contributed by atoms with E-state index in [0.717, 1.165) is 38.1 Å². The van der Waals surface area contributed by atoms with Crippen LogP contribution in [0.5, 0.6) is 5.75 Å². The van der Waals surface area contributed by atoms with Gasteiger partial charge in [-0.15, -0.1) is 0 Å². The molecule has 98 valence electrons. The van der Waals surface area contributed by atoms with E-state index in [-0.39, 0.29) is 5.91 Å². The quantitative estimate of drug-likeness (QED) is 0.751. The first-order valence-electron chi connectivity index (χ1n) is 6.67. The van der Waals surface area contributed by atoms with Crippen molar-refractivity contribution in [3.05, 3.63) is 24.5 Å². The van der Waals surface area contributed by atoms with Gasteiger partial charge < -0.3 is 9.64 Å². The summed E-state index contributed by atoms with van der Waals surface area (Å²) in [5.41, 5.74) is 0. The zero-order valence-corrected chi connectivity index (χ0v) is 10.7. The highest BCUT2D eigenvalue weighted by Gasteiger charge is 2.15. The molecule has 0 unspecified atom stereocenters. The zero-order chi connectivity index (χ0) is 12.6. The summed E-state index contributed by atoms with van der Waals surface area (Å²) in [5, 5.41) is 0. The van der Waals surface area contributed by atoms with Gasteiger partial charge in [-0.25, -0.2) is 0 Å². The van der Waals surface area contributed by atoms with Crippen molar-refractivity contribution >= 4 is 5.91 Å². The third-order valence-electron chi connectivity index (χ3n) is 3.15. The second-order valence-electron chi connectivity index (χ2n) is 4.58. The summed E-state index contributed by atoms with van der Waals surface area (Å²) in [6, 6.07) is 3.72. The van der Waals surface area contributed by atoms with E-state index >= 15 is 0 Å². The van der Waals surface area contributed by atoms with Crippen LogP contribution in [0.25, 0.3) is 0 Å². The number of amides is 1. The molecule has 0 bridgehead atoms. The van der Waals surface area contributed by atoms with Gasteiger partial charge in [-0.2, -0.15) is 0 Å². The number of piperidine rings is 1. The SMILES string of the molecule is O=C(CCCOc1cccnc1)N1CCCCC1. The van der Waals surface area contributed by atoms with Gasteiger partial charge in [0.2, 0.25) is 5.91 Å². The molecule has 0 spiro atoms. The lowest BCUT2D eigenvalue weighted by atomic mass is 10.1. The van der Waals surface area contributed by atoms with Crippen LogP contribution in [0.4, 0.5) is 0 Å². The van der Waals surface area contributed by atoms with Gasteiger partial charge in [0.25, 0.3) is 0 Å². The Morgan fingerprint density at radius 2 is 2.17 bits per heavy atom. The monoisotopic (exact) mass is 248 g/mol. The highest BCUT2D eigenvalue weighted by Crippen LogP contribution is 2.11. The van der Waals surface area contributed by atoms with Gasteiger partial charge in [-0.1, -0.05) is 0 Å². The van der Waals surface area contributed by atoms with E-state index in [9.17, 15) is 4.79 Å². The Labute approximate surface area is 108 Å². The van der Waals surface area contributed by atoms with Gasteiger partial charge in [-0.3, -0.25) is 9.78 Å². The number of aromatic nitrogens is 1. The van der Waals surface area contributed by atoms with Gasteiger partial charge in [0.05, 0.1) is 12.8 Å². The Morgan fingerprint density at radius 3 is 2.89 bits per heavy atom. The number of carbonyl (C=O) groups is 1. The number of rotatable bonds is 5. The van der Waals surface area contributed by atoms with Crippen molar-refractivity contribution in [1.82, 2.24) is 9.88 Å². The summed E-state index contributed by atoms with van der Waals surface area (Å²) in [6.45, 7) is 2.44. The molecule has 4 heteroatoms. The molecule has 0 aromatic carbocycles. The van der Waals surface area contributed by atoms with Crippen molar-refractivity contribution in [2.45, 2.75) is 32.1 Å². The molecular formula is C14H20N2O2. The number of nitrogens with zero attached hydrogens (tertiary/aromatic N) is 2. The van der Waals surface area contributed by atoms with E-state index in [2.05, 4.69) is 4.98 Å². The van der Waals surface area contributed by atoms with Crippen LogP contribution in [0.2, 0.25) is 0 Å². The normalized spacial score (nSPS) is 15.4. The van der Waals surface area contributed by atoms with Crippen LogP contribution in [0.1, 0.15) is 32.1 Å². The van der Waals surface area contributed by atoms with E-state index in [4.69, 9.17) is 4.74 Å². The van der Waals surface area contributed by atoms with Crippen LogP contribution < -0.4 is 4.74 Å². The van der Waals surface area contributed by atoms with E-state index < -0.39 is 0 Å². The van der Waals surface area contributed by atoms with Crippen LogP contribution in [0, 0.1) is 0 Å². The van der Waals surface area contributed by atoms with Crippen LogP contribution in [-0.4, -0.2) is 35.5 Å². The van der Waals surface area contributed by atoms with Gasteiger partial charge in [0.15, 0.2) is 0 Å². The molecule has 1 amide bonds. The Hall–Kier alpha value is -1.58. The molecule has 1 aromatic rings. The topological polar surface area (TPSA) is 42.4 Å². The average Bonchev–Trinajstić information content (AvgIpc) is 2.45. The fourth-order valence-corrected chi connectivity index (χ4v) is 2.15. The Morgan fingerprint density at radius 1 is 1.33 bits per heavy atom. The van der Waals surface area contributed by atoms with Gasteiger partial charge in [0, 0.05) is 25.7 Å². The summed E-state index contributed by atoms with van der Waals surface area (Å²) >= 11 is 0. The van der Waals surface area contributed by atoms with Gasteiger partial charge in [-0.05, 0) is 37.8 Å². The molecule has 0 saturated carbocycles. The van der Waals surface area contributed by atoms with E-state index in [0.29, 0.717) is 13.0 Å². The Kier molecular flexibility index (Phi) is 5.00. The van der Waals surface area contributed by atoms with Crippen molar-refractivity contribution in [3.8, 4) is 5.75 Å². The Balaban J connectivity index is 1.61. The van der Waals surface area contributed by atoms with E-state index in [1.807, 2.05) is 17.0 Å². The molecule has 0 aliphatic carbocycles. The average molecular weight is 248 g/mol. The first kappa shape index (κ1) is 12.9. The second-order valence-corrected chi connectivity index (χ2v) is 4.58. The molecule has 1 aliphatic rings. The molecule has 2 heterocycles. The van der Waals surface area contributed by atoms with Crippen molar-refractivity contribution < 1.29 is 9.53 Å². The minimum atomic E-state index is 0.268. The highest BCUT2D eigenvalue weighted by atomic mass is 16.5. The number of likely N-dealkylation sites (tertiary alicyclic amines) is 1. The molecule has 2 rings (SSSR count). The first-order valence-corrected chi connectivity index (χ1v) is 6.67. The van der Waals surface area contributed by atoms with Gasteiger partial charge in [0.1, 0.15) is 5.75 Å². The van der Waals surface area contributed by atoms with Crippen molar-refractivity contribution in [2.24, 2.45) is 0 Å². The molecular weight excluding hydrogens is 228 g/mol. The number of hydrogen-bond acceptors (Lipinski definition) is 3. The van der Waals surface area contributed by atoms with Gasteiger partial charge >= 0.3 is 0 Å². The maximum Gasteiger partial charge on any atom is 0.222 e. The van der Waals surface area contributed by atoms with Crippen molar-refractivity contribution in [2.75, 3.05) is 19.7 Å². The van der Waals surface area contributed by atoms with E-state index in [1.165, 1.54) is 6.42 Å². The highest BCUT2D eigenvalue weighted by molar-refractivity contribution is 5.76. The largest absolute Gasteiger partial charge is 0.492 e. The van der Waals surface area contributed by atoms with Crippen LogP contribution in [-0.2, 0) is 4.79 Å². The fraction of sp³-hybridized carbons (Fsp3) is 0.571. The lowest BCUT2D eigenvalue weighted by Crippen LogP contribution is -2.35. The number of ether oxygens (including phenoxy) is 1. The minimum Gasteiger partial charge on any atom is -0.492 e. The lowest BCUT2D eigenvalue weighted by Gasteiger charge is -2.26. The molecule has 1 fully saturated rings. The molecule has 1 aromatic heterocycles. The number of pyridine rings is 1. The third kappa shape index (κ3) is 4.02. The predicted molar refractivity (Wildman–Crippen MR) is 69.4 cm³/mol. The van der Waals surface area contributed by atoms with Crippen LogP contribution in [0.15, 0.2) is 24.5 Å². The molecule has 0 N–H and O–H groups in total. The first-order chi connectivity index (χ1) is 8.86. The zero-order valence-electron chi connectivity index (χ0n) is 10.7. The second kappa shape index (κ2) is 6.99. The lowest BCUT2D eigenvalue weighted by molar-refractivity contribution is -0.132. The maximum absolute atomic E-state index is 11.9. The molecule has 0 atom stereocenters. The third-order valence-corrected chi connectivity index (χ3v) is 3.15. The molecule has 0 radical (unpaired) electrons.